The topological polar surface area (TPSA) is 60.9 Å². The van der Waals surface area contributed by atoms with Gasteiger partial charge >= 0.3 is 0 Å². The highest BCUT2D eigenvalue weighted by atomic mass is 35.5. The molecule has 0 saturated carbocycles. The van der Waals surface area contributed by atoms with Gasteiger partial charge in [-0.1, -0.05) is 17.7 Å². The number of benzene rings is 1. The van der Waals surface area contributed by atoms with Crippen LogP contribution in [0.25, 0.3) is 0 Å². The van der Waals surface area contributed by atoms with E-state index in [1.165, 1.54) is 21.3 Å². The minimum absolute atomic E-state index is 0.0308. The van der Waals surface area contributed by atoms with Crippen molar-refractivity contribution >= 4 is 38.9 Å². The average Bonchev–Trinajstić information content (AvgIpc) is 3.43. The van der Waals surface area contributed by atoms with Crippen LogP contribution in [-0.2, 0) is 16.6 Å². The van der Waals surface area contributed by atoms with Gasteiger partial charge in [0, 0.05) is 56.3 Å². The van der Waals surface area contributed by atoms with Crippen LogP contribution in [0.2, 0.25) is 5.02 Å². The molecule has 2 aromatic rings. The highest BCUT2D eigenvalue weighted by Crippen LogP contribution is 2.28. The first-order chi connectivity index (χ1) is 13.9. The molecule has 2 aliphatic heterocycles. The number of halogens is 1. The van der Waals surface area contributed by atoms with Gasteiger partial charge in [-0.15, -0.1) is 11.3 Å². The number of sulfonamides is 1. The molecule has 4 rings (SSSR count). The van der Waals surface area contributed by atoms with Crippen LogP contribution in [0.4, 0.5) is 0 Å². The van der Waals surface area contributed by atoms with Gasteiger partial charge in [0.15, 0.2) is 0 Å². The van der Waals surface area contributed by atoms with Crippen molar-refractivity contribution in [2.24, 2.45) is 0 Å². The Kier molecular flexibility index (Phi) is 6.27. The number of hydrogen-bond donors (Lipinski definition) is 0. The van der Waals surface area contributed by atoms with E-state index in [0.717, 1.165) is 32.5 Å². The number of hydrogen-bond acceptors (Lipinski definition) is 5. The zero-order valence-corrected chi connectivity index (χ0v) is 18.5. The zero-order valence-electron chi connectivity index (χ0n) is 16.1. The minimum Gasteiger partial charge on any atom is -0.336 e. The first-order valence-corrected chi connectivity index (χ1v) is 12.5. The van der Waals surface area contributed by atoms with Crippen LogP contribution < -0.4 is 0 Å². The van der Waals surface area contributed by atoms with E-state index in [1.54, 1.807) is 22.3 Å². The summed E-state index contributed by atoms with van der Waals surface area (Å²) >= 11 is 7.94. The first kappa shape index (κ1) is 20.8. The summed E-state index contributed by atoms with van der Waals surface area (Å²) in [5.41, 5.74) is 0.374. The summed E-state index contributed by atoms with van der Waals surface area (Å²) in [6.07, 6.45) is 1.70. The molecular formula is C20H24ClN3O3S2. The molecule has 0 spiro atoms. The molecule has 0 aliphatic carbocycles. The van der Waals surface area contributed by atoms with E-state index in [4.69, 9.17) is 11.6 Å². The maximum Gasteiger partial charge on any atom is 0.253 e. The molecule has 0 N–H and O–H groups in total. The Labute approximate surface area is 180 Å². The summed E-state index contributed by atoms with van der Waals surface area (Å²) < 4.78 is 27.3. The van der Waals surface area contributed by atoms with Crippen molar-refractivity contribution in [2.75, 3.05) is 39.3 Å². The Balaban J connectivity index is 1.45. The molecule has 1 aromatic carbocycles. The Morgan fingerprint density at radius 2 is 1.76 bits per heavy atom. The minimum atomic E-state index is -3.67. The molecule has 0 atom stereocenters. The number of carbonyl (C=O) groups excluding carboxylic acids is 1. The van der Waals surface area contributed by atoms with Crippen molar-refractivity contribution in [3.05, 3.63) is 51.2 Å². The fraction of sp³-hybridized carbons (Fsp3) is 0.450. The van der Waals surface area contributed by atoms with Gasteiger partial charge in [0.05, 0.1) is 5.02 Å². The maximum absolute atomic E-state index is 13.0. The third-order valence-corrected chi connectivity index (χ3v) is 8.72. The maximum atomic E-state index is 13.0. The molecule has 0 radical (unpaired) electrons. The highest BCUT2D eigenvalue weighted by Gasteiger charge is 2.30. The van der Waals surface area contributed by atoms with Gasteiger partial charge in [-0.2, -0.15) is 4.31 Å². The zero-order chi connectivity index (χ0) is 20.4. The Hall–Kier alpha value is -1.45. The van der Waals surface area contributed by atoms with Gasteiger partial charge in [0.1, 0.15) is 4.90 Å². The molecule has 156 valence electrons. The number of carbonyl (C=O) groups is 1. The normalized spacial score (nSPS) is 19.0. The Morgan fingerprint density at radius 1 is 1.03 bits per heavy atom. The van der Waals surface area contributed by atoms with Crippen LogP contribution in [0.3, 0.4) is 0 Å². The molecule has 2 aliphatic rings. The Morgan fingerprint density at radius 3 is 2.41 bits per heavy atom. The van der Waals surface area contributed by atoms with E-state index < -0.39 is 10.0 Å². The van der Waals surface area contributed by atoms with Gasteiger partial charge in [-0.05, 0) is 42.5 Å². The number of piperazine rings is 1. The van der Waals surface area contributed by atoms with Gasteiger partial charge in [0.2, 0.25) is 10.0 Å². The molecule has 0 unspecified atom stereocenters. The average molecular weight is 454 g/mol. The quantitative estimate of drug-likeness (QED) is 0.697. The van der Waals surface area contributed by atoms with Crippen molar-refractivity contribution in [2.45, 2.75) is 24.3 Å². The second kappa shape index (κ2) is 8.73. The van der Waals surface area contributed by atoms with Crippen LogP contribution in [0.1, 0.15) is 28.1 Å². The number of rotatable bonds is 5. The molecule has 2 saturated heterocycles. The van der Waals surface area contributed by atoms with Gasteiger partial charge in [-0.25, -0.2) is 8.42 Å². The fourth-order valence-electron chi connectivity index (χ4n) is 3.82. The fourth-order valence-corrected chi connectivity index (χ4v) is 6.58. The predicted molar refractivity (Wildman–Crippen MR) is 115 cm³/mol. The third kappa shape index (κ3) is 4.51. The van der Waals surface area contributed by atoms with Crippen LogP contribution in [0, 0.1) is 0 Å². The second-order valence-electron chi connectivity index (χ2n) is 7.40. The van der Waals surface area contributed by atoms with E-state index in [-0.39, 0.29) is 15.8 Å². The Bertz CT molecular complexity index is 965. The summed E-state index contributed by atoms with van der Waals surface area (Å²) in [7, 11) is -3.67. The van der Waals surface area contributed by atoms with Crippen LogP contribution in [0.15, 0.2) is 40.6 Å². The summed E-state index contributed by atoms with van der Waals surface area (Å²) in [5, 5.41) is 2.23. The molecule has 3 heterocycles. The van der Waals surface area contributed by atoms with Crippen molar-refractivity contribution in [1.82, 2.24) is 14.1 Å². The second-order valence-corrected chi connectivity index (χ2v) is 10.7. The molecule has 6 nitrogen and oxygen atoms in total. The monoisotopic (exact) mass is 453 g/mol. The molecule has 9 heteroatoms. The molecule has 29 heavy (non-hydrogen) atoms. The van der Waals surface area contributed by atoms with E-state index in [0.29, 0.717) is 31.7 Å². The number of nitrogens with zero attached hydrogens (tertiary/aromatic N) is 3. The summed E-state index contributed by atoms with van der Waals surface area (Å²) in [5.74, 6) is -0.143. The smallest absolute Gasteiger partial charge is 0.253 e. The number of thiophene rings is 1. The lowest BCUT2D eigenvalue weighted by Gasteiger charge is -2.34. The van der Waals surface area contributed by atoms with E-state index >= 15 is 0 Å². The van der Waals surface area contributed by atoms with Crippen LogP contribution >= 0.6 is 22.9 Å². The van der Waals surface area contributed by atoms with E-state index in [1.807, 2.05) is 6.07 Å². The van der Waals surface area contributed by atoms with Gasteiger partial charge in [0.25, 0.3) is 5.91 Å². The van der Waals surface area contributed by atoms with E-state index in [2.05, 4.69) is 16.3 Å². The standard InChI is InChI=1S/C20H24ClN3O3S2/c21-18-6-5-16(14-19(18)29(26,27)24-7-1-2-8-24)20(25)23-11-9-22(10-12-23)15-17-4-3-13-28-17/h3-6,13-14H,1-2,7-12,15H2. The lowest BCUT2D eigenvalue weighted by atomic mass is 10.2. The van der Waals surface area contributed by atoms with Gasteiger partial charge in [-0.3, -0.25) is 9.69 Å². The third-order valence-electron chi connectivity index (χ3n) is 5.48. The van der Waals surface area contributed by atoms with E-state index in [9.17, 15) is 13.2 Å². The SMILES string of the molecule is O=C(c1ccc(Cl)c(S(=O)(=O)N2CCCC2)c1)N1CCN(Cc2cccs2)CC1. The molecule has 1 aromatic heterocycles. The number of amides is 1. The summed E-state index contributed by atoms with van der Waals surface area (Å²) in [6, 6.07) is 8.75. The van der Waals surface area contributed by atoms with Crippen molar-refractivity contribution in [3.63, 3.8) is 0 Å². The lowest BCUT2D eigenvalue weighted by molar-refractivity contribution is 0.0629. The predicted octanol–water partition coefficient (Wildman–Crippen LogP) is 3.14. The largest absolute Gasteiger partial charge is 0.336 e. The van der Waals surface area contributed by atoms with Crippen molar-refractivity contribution in [1.29, 1.82) is 0 Å². The van der Waals surface area contributed by atoms with Crippen molar-refractivity contribution < 1.29 is 13.2 Å². The highest BCUT2D eigenvalue weighted by molar-refractivity contribution is 7.89. The summed E-state index contributed by atoms with van der Waals surface area (Å²) in [4.78, 5) is 18.5. The van der Waals surface area contributed by atoms with Gasteiger partial charge < -0.3 is 4.90 Å². The van der Waals surface area contributed by atoms with Crippen LogP contribution in [0.5, 0.6) is 0 Å². The molecule has 2 fully saturated rings. The lowest BCUT2D eigenvalue weighted by Crippen LogP contribution is -2.48. The molecule has 1 amide bonds. The molecular weight excluding hydrogens is 430 g/mol. The molecule has 0 bridgehead atoms. The van der Waals surface area contributed by atoms with Crippen LogP contribution in [-0.4, -0.2) is 67.7 Å². The first-order valence-electron chi connectivity index (χ1n) is 9.79. The summed E-state index contributed by atoms with van der Waals surface area (Å²) in [6.45, 7) is 4.76. The van der Waals surface area contributed by atoms with Crippen molar-refractivity contribution in [3.8, 4) is 0 Å².